The molecular weight excluding hydrogens is 468 g/mol. The lowest BCUT2D eigenvalue weighted by Gasteiger charge is -2.15. The maximum absolute atomic E-state index is 12.6. The minimum absolute atomic E-state index is 0.0255. The van der Waals surface area contributed by atoms with E-state index in [0.29, 0.717) is 22.3 Å². The van der Waals surface area contributed by atoms with Gasteiger partial charge in [-0.15, -0.1) is 5.10 Å². The predicted molar refractivity (Wildman–Crippen MR) is 124 cm³/mol. The van der Waals surface area contributed by atoms with E-state index in [-0.39, 0.29) is 22.2 Å². The molecule has 0 aliphatic carbocycles. The quantitative estimate of drug-likeness (QED) is 0.446. The van der Waals surface area contributed by atoms with Crippen LogP contribution in [0.3, 0.4) is 0 Å². The Bertz CT molecular complexity index is 1260. The first-order valence-electron chi connectivity index (χ1n) is 9.64. The predicted octanol–water partition coefficient (Wildman–Crippen LogP) is 1.97. The number of amides is 1. The summed E-state index contributed by atoms with van der Waals surface area (Å²) in [6.45, 7) is 1.94. The number of hydrogen-bond acceptors (Lipinski definition) is 9. The first-order valence-corrected chi connectivity index (χ1v) is 12.1. The molecule has 176 valence electrons. The highest BCUT2D eigenvalue weighted by Gasteiger charge is 2.20. The van der Waals surface area contributed by atoms with Gasteiger partial charge in [0.05, 0.1) is 30.6 Å². The van der Waals surface area contributed by atoms with Gasteiger partial charge in [0.1, 0.15) is 17.2 Å². The van der Waals surface area contributed by atoms with Gasteiger partial charge >= 0.3 is 0 Å². The molecule has 0 aliphatic heterocycles. The van der Waals surface area contributed by atoms with Crippen LogP contribution in [0.4, 0.5) is 5.69 Å². The van der Waals surface area contributed by atoms with Gasteiger partial charge < -0.3 is 14.8 Å². The van der Waals surface area contributed by atoms with Gasteiger partial charge in [0.2, 0.25) is 21.1 Å². The second-order valence-corrected chi connectivity index (χ2v) is 10.1. The van der Waals surface area contributed by atoms with Crippen LogP contribution < -0.4 is 14.8 Å². The van der Waals surface area contributed by atoms with Crippen molar-refractivity contribution < 1.29 is 22.7 Å². The fraction of sp³-hybridized carbons (Fsp3) is 0.300. The van der Waals surface area contributed by atoms with Crippen LogP contribution in [-0.2, 0) is 14.8 Å². The zero-order valence-corrected chi connectivity index (χ0v) is 20.4. The van der Waals surface area contributed by atoms with Crippen molar-refractivity contribution in [3.63, 3.8) is 0 Å². The van der Waals surface area contributed by atoms with Gasteiger partial charge in [-0.3, -0.25) is 4.79 Å². The lowest BCUT2D eigenvalue weighted by molar-refractivity contribution is -0.113. The second kappa shape index (κ2) is 10.2. The van der Waals surface area contributed by atoms with Crippen molar-refractivity contribution in [2.24, 2.45) is 0 Å². The Hall–Kier alpha value is -3.16. The Morgan fingerprint density at radius 2 is 1.82 bits per heavy atom. The molecule has 0 aliphatic rings. The van der Waals surface area contributed by atoms with E-state index in [2.05, 4.69) is 20.8 Å². The van der Waals surface area contributed by atoms with E-state index in [9.17, 15) is 13.2 Å². The Balaban J connectivity index is 1.78. The maximum atomic E-state index is 12.6. The number of benzene rings is 2. The summed E-state index contributed by atoms with van der Waals surface area (Å²) in [6, 6.07) is 9.87. The zero-order valence-electron chi connectivity index (χ0n) is 18.8. The molecule has 3 rings (SSSR count). The van der Waals surface area contributed by atoms with Crippen LogP contribution in [0, 0.1) is 6.92 Å². The van der Waals surface area contributed by atoms with Crippen molar-refractivity contribution in [3.8, 4) is 17.2 Å². The molecular formula is C20H24N6O5S2. The number of carbonyl (C=O) groups is 1. The number of nitrogens with one attached hydrogen (secondary N) is 1. The topological polar surface area (TPSA) is 129 Å². The Morgan fingerprint density at radius 1 is 1.12 bits per heavy atom. The van der Waals surface area contributed by atoms with E-state index < -0.39 is 10.0 Å². The molecule has 1 aromatic heterocycles. The van der Waals surface area contributed by atoms with Gasteiger partial charge in [0.25, 0.3) is 0 Å². The number of ether oxygens (including phenoxy) is 2. The van der Waals surface area contributed by atoms with E-state index in [4.69, 9.17) is 9.47 Å². The van der Waals surface area contributed by atoms with Crippen LogP contribution in [0.1, 0.15) is 5.56 Å². The first kappa shape index (κ1) is 24.5. The van der Waals surface area contributed by atoms with Gasteiger partial charge in [-0.05, 0) is 53.2 Å². The molecule has 1 heterocycles. The van der Waals surface area contributed by atoms with Gasteiger partial charge in [0.15, 0.2) is 0 Å². The van der Waals surface area contributed by atoms with Gasteiger partial charge in [-0.1, -0.05) is 17.8 Å². The number of aromatic nitrogens is 4. The van der Waals surface area contributed by atoms with Crippen LogP contribution >= 0.6 is 11.8 Å². The van der Waals surface area contributed by atoms with Crippen molar-refractivity contribution in [1.82, 2.24) is 24.5 Å². The van der Waals surface area contributed by atoms with Crippen molar-refractivity contribution in [1.29, 1.82) is 0 Å². The Kier molecular flexibility index (Phi) is 7.56. The van der Waals surface area contributed by atoms with E-state index in [1.165, 1.54) is 44.1 Å². The van der Waals surface area contributed by atoms with Crippen LogP contribution in [-0.4, -0.2) is 72.9 Å². The van der Waals surface area contributed by atoms with E-state index in [0.717, 1.165) is 21.6 Å². The minimum atomic E-state index is -3.67. The molecule has 0 radical (unpaired) electrons. The molecule has 0 unspecified atom stereocenters. The average Bonchev–Trinajstić information content (AvgIpc) is 3.26. The Morgan fingerprint density at radius 3 is 2.48 bits per heavy atom. The van der Waals surface area contributed by atoms with Gasteiger partial charge in [-0.25, -0.2) is 12.7 Å². The summed E-state index contributed by atoms with van der Waals surface area (Å²) in [5.41, 5.74) is 1.88. The number of nitrogens with zero attached hydrogens (tertiary/aromatic N) is 5. The maximum Gasteiger partial charge on any atom is 0.242 e. The summed E-state index contributed by atoms with van der Waals surface area (Å²) in [4.78, 5) is 12.7. The van der Waals surface area contributed by atoms with Crippen molar-refractivity contribution in [2.75, 3.05) is 39.4 Å². The van der Waals surface area contributed by atoms with E-state index >= 15 is 0 Å². The first-order chi connectivity index (χ1) is 15.7. The van der Waals surface area contributed by atoms with Crippen LogP contribution in [0.15, 0.2) is 46.5 Å². The molecule has 1 N–H and O–H groups in total. The molecule has 1 amide bonds. The number of rotatable bonds is 9. The molecule has 33 heavy (non-hydrogen) atoms. The fourth-order valence-electron chi connectivity index (χ4n) is 2.86. The molecule has 0 spiro atoms. The highest BCUT2D eigenvalue weighted by atomic mass is 32.2. The summed E-state index contributed by atoms with van der Waals surface area (Å²) >= 11 is 1.12. The summed E-state index contributed by atoms with van der Waals surface area (Å²) in [6.07, 6.45) is 0. The third-order valence-corrected chi connectivity index (χ3v) is 7.29. The molecule has 13 heteroatoms. The molecule has 0 atom stereocenters. The third-order valence-electron chi connectivity index (χ3n) is 4.56. The van der Waals surface area contributed by atoms with Crippen LogP contribution in [0.25, 0.3) is 5.69 Å². The van der Waals surface area contributed by atoms with E-state index in [1.807, 2.05) is 25.1 Å². The smallest absolute Gasteiger partial charge is 0.242 e. The highest BCUT2D eigenvalue weighted by molar-refractivity contribution is 7.99. The molecule has 0 saturated carbocycles. The standard InChI is InChI=1S/C20H24N6O5S2/c1-13-6-8-18(31-5)16(10-13)26-20(22-23-24-26)32-12-19(27)21-15-11-14(7-9-17(15)30-4)33(28,29)25(2)3/h6-11H,12H2,1-5H3,(H,21,27). The number of thioether (sulfide) groups is 1. The van der Waals surface area contributed by atoms with Gasteiger partial charge in [-0.2, -0.15) is 4.68 Å². The van der Waals surface area contributed by atoms with Crippen LogP contribution in [0.2, 0.25) is 0 Å². The molecule has 3 aromatic rings. The SMILES string of the molecule is COc1ccc(S(=O)(=O)N(C)C)cc1NC(=O)CSc1nnnn1-c1cc(C)ccc1OC. The highest BCUT2D eigenvalue weighted by Crippen LogP contribution is 2.30. The molecule has 2 aromatic carbocycles. The van der Waals surface area contributed by atoms with Crippen LogP contribution in [0.5, 0.6) is 11.5 Å². The second-order valence-electron chi connectivity index (χ2n) is 7.03. The molecule has 0 fully saturated rings. The van der Waals surface area contributed by atoms with E-state index in [1.54, 1.807) is 7.11 Å². The number of hydrogen-bond donors (Lipinski definition) is 1. The zero-order chi connectivity index (χ0) is 24.2. The lowest BCUT2D eigenvalue weighted by Crippen LogP contribution is -2.22. The molecule has 0 bridgehead atoms. The summed E-state index contributed by atoms with van der Waals surface area (Å²) < 4.78 is 38.1. The van der Waals surface area contributed by atoms with Crippen molar-refractivity contribution in [3.05, 3.63) is 42.0 Å². The number of tetrazole rings is 1. The Labute approximate surface area is 196 Å². The number of carbonyl (C=O) groups excluding carboxylic acids is 1. The molecule has 11 nitrogen and oxygen atoms in total. The molecule has 0 saturated heterocycles. The largest absolute Gasteiger partial charge is 0.495 e. The summed E-state index contributed by atoms with van der Waals surface area (Å²) in [7, 11) is 2.18. The number of anilines is 1. The summed E-state index contributed by atoms with van der Waals surface area (Å²) in [5, 5.41) is 14.8. The normalized spacial score (nSPS) is 11.5. The third kappa shape index (κ3) is 5.43. The van der Waals surface area contributed by atoms with Crippen molar-refractivity contribution in [2.45, 2.75) is 17.0 Å². The fourth-order valence-corrected chi connectivity index (χ4v) is 4.47. The number of methoxy groups -OCH3 is 2. The average molecular weight is 493 g/mol. The van der Waals surface area contributed by atoms with Gasteiger partial charge in [0, 0.05) is 14.1 Å². The number of aryl methyl sites for hydroxylation is 1. The minimum Gasteiger partial charge on any atom is -0.495 e. The monoisotopic (exact) mass is 492 g/mol. The van der Waals surface area contributed by atoms with Crippen molar-refractivity contribution >= 4 is 33.4 Å². The number of sulfonamides is 1. The lowest BCUT2D eigenvalue weighted by atomic mass is 10.2. The summed E-state index contributed by atoms with van der Waals surface area (Å²) in [5.74, 6) is 0.509.